The van der Waals surface area contributed by atoms with Crippen LogP contribution in [-0.4, -0.2) is 13.6 Å². The molecule has 0 unspecified atom stereocenters. The van der Waals surface area contributed by atoms with E-state index in [4.69, 9.17) is 4.52 Å². The molecule has 0 aliphatic carbocycles. The maximum atomic E-state index is 12.5. The highest BCUT2D eigenvalue weighted by atomic mass is 32.2. The molecule has 2 N–H and O–H groups in total. The number of benzene rings is 2. The minimum atomic E-state index is -3.74. The lowest BCUT2D eigenvalue weighted by Crippen LogP contribution is -2.14. The third-order valence-electron chi connectivity index (χ3n) is 4.17. The van der Waals surface area contributed by atoms with Gasteiger partial charge in [0.25, 0.3) is 10.0 Å². The van der Waals surface area contributed by atoms with Crippen molar-refractivity contribution in [2.45, 2.75) is 32.6 Å². The number of rotatable bonds is 5. The molecule has 0 radical (unpaired) electrons. The van der Waals surface area contributed by atoms with Crippen LogP contribution in [0.15, 0.2) is 51.9 Å². The average Bonchev–Trinajstić information content (AvgIpc) is 2.92. The molecular formula is C19H21N3O3S. The van der Waals surface area contributed by atoms with E-state index in [0.717, 1.165) is 11.4 Å². The summed E-state index contributed by atoms with van der Waals surface area (Å²) in [7, 11) is -3.74. The van der Waals surface area contributed by atoms with Crippen molar-refractivity contribution in [3.05, 3.63) is 65.0 Å². The Hall–Kier alpha value is -2.80. The van der Waals surface area contributed by atoms with Crippen molar-refractivity contribution in [1.82, 2.24) is 5.16 Å². The van der Waals surface area contributed by atoms with Crippen LogP contribution in [0.4, 0.5) is 17.1 Å². The second kappa shape index (κ2) is 6.84. The van der Waals surface area contributed by atoms with Gasteiger partial charge in [-0.3, -0.25) is 4.72 Å². The Morgan fingerprint density at radius 1 is 0.846 bits per heavy atom. The van der Waals surface area contributed by atoms with Gasteiger partial charge in [-0.05, 0) is 75.2 Å². The van der Waals surface area contributed by atoms with Crippen LogP contribution in [0, 0.1) is 27.7 Å². The summed E-state index contributed by atoms with van der Waals surface area (Å²) in [5, 5.41) is 7.00. The topological polar surface area (TPSA) is 84.2 Å². The molecule has 3 aromatic rings. The first-order valence-electron chi connectivity index (χ1n) is 8.16. The second-order valence-electron chi connectivity index (χ2n) is 6.26. The molecule has 26 heavy (non-hydrogen) atoms. The van der Waals surface area contributed by atoms with Crippen LogP contribution in [0.2, 0.25) is 0 Å². The Morgan fingerprint density at radius 2 is 1.46 bits per heavy atom. The molecule has 0 aliphatic heterocycles. The van der Waals surface area contributed by atoms with Gasteiger partial charge in [-0.15, -0.1) is 0 Å². The van der Waals surface area contributed by atoms with Crippen molar-refractivity contribution in [3.63, 3.8) is 0 Å². The van der Waals surface area contributed by atoms with Gasteiger partial charge in [0.15, 0.2) is 10.7 Å². The zero-order valence-corrected chi connectivity index (χ0v) is 15.9. The van der Waals surface area contributed by atoms with Crippen LogP contribution in [0.25, 0.3) is 0 Å². The lowest BCUT2D eigenvalue weighted by molar-refractivity contribution is 0.390. The van der Waals surface area contributed by atoms with E-state index in [-0.39, 0.29) is 10.7 Å². The Bertz CT molecular complexity index is 1020. The van der Waals surface area contributed by atoms with Gasteiger partial charge in [-0.25, -0.2) is 8.42 Å². The van der Waals surface area contributed by atoms with Gasteiger partial charge >= 0.3 is 0 Å². The number of aryl methyl sites for hydroxylation is 4. The number of hydrogen-bond donors (Lipinski definition) is 2. The highest BCUT2D eigenvalue weighted by Crippen LogP contribution is 2.24. The van der Waals surface area contributed by atoms with Crippen molar-refractivity contribution < 1.29 is 12.9 Å². The maximum absolute atomic E-state index is 12.5. The molecule has 0 atom stereocenters. The van der Waals surface area contributed by atoms with Crippen LogP contribution in [0.3, 0.4) is 0 Å². The molecule has 6 nitrogen and oxygen atoms in total. The summed E-state index contributed by atoms with van der Waals surface area (Å²) in [6, 6.07) is 13.2. The summed E-state index contributed by atoms with van der Waals surface area (Å²) >= 11 is 0. The van der Waals surface area contributed by atoms with Crippen molar-refractivity contribution in [3.8, 4) is 0 Å². The van der Waals surface area contributed by atoms with Gasteiger partial charge in [0, 0.05) is 17.1 Å². The number of sulfonamides is 1. The number of anilines is 3. The molecule has 1 aromatic heterocycles. The summed E-state index contributed by atoms with van der Waals surface area (Å²) in [5.74, 6) is 0.267. The highest BCUT2D eigenvalue weighted by molar-refractivity contribution is 7.92. The SMILES string of the molecule is Cc1ccc(Nc2ccc(NS(=O)(=O)c3c(C)noc3C)cc2)cc1C. The molecule has 2 aromatic carbocycles. The van der Waals surface area contributed by atoms with E-state index in [1.807, 2.05) is 18.2 Å². The van der Waals surface area contributed by atoms with Gasteiger partial charge < -0.3 is 9.84 Å². The zero-order chi connectivity index (χ0) is 18.9. The fraction of sp³-hybridized carbons (Fsp3) is 0.211. The fourth-order valence-electron chi connectivity index (χ4n) is 2.67. The van der Waals surface area contributed by atoms with Crippen LogP contribution in [0.1, 0.15) is 22.6 Å². The average molecular weight is 371 g/mol. The van der Waals surface area contributed by atoms with Crippen LogP contribution in [0.5, 0.6) is 0 Å². The Labute approximate surface area is 153 Å². The van der Waals surface area contributed by atoms with E-state index in [0.29, 0.717) is 11.4 Å². The zero-order valence-electron chi connectivity index (χ0n) is 15.1. The fourth-order valence-corrected chi connectivity index (χ4v) is 4.06. The number of nitrogens with zero attached hydrogens (tertiary/aromatic N) is 1. The molecule has 0 aliphatic rings. The largest absolute Gasteiger partial charge is 0.360 e. The first-order chi connectivity index (χ1) is 12.3. The van der Waals surface area contributed by atoms with Gasteiger partial charge in [0.1, 0.15) is 5.69 Å². The lowest BCUT2D eigenvalue weighted by Gasteiger charge is -2.11. The Morgan fingerprint density at radius 3 is 2.04 bits per heavy atom. The first-order valence-corrected chi connectivity index (χ1v) is 9.64. The molecule has 136 valence electrons. The van der Waals surface area contributed by atoms with Crippen molar-refractivity contribution in [2.75, 3.05) is 10.0 Å². The first kappa shape index (κ1) is 18.0. The molecule has 0 spiro atoms. The van der Waals surface area contributed by atoms with Crippen molar-refractivity contribution in [2.24, 2.45) is 0 Å². The van der Waals surface area contributed by atoms with Gasteiger partial charge in [0.2, 0.25) is 0 Å². The quantitative estimate of drug-likeness (QED) is 0.692. The Balaban J connectivity index is 1.76. The van der Waals surface area contributed by atoms with Crippen LogP contribution in [-0.2, 0) is 10.0 Å². The summed E-state index contributed by atoms with van der Waals surface area (Å²) in [5.41, 5.74) is 5.10. The minimum Gasteiger partial charge on any atom is -0.360 e. The van der Waals surface area contributed by atoms with Gasteiger partial charge in [-0.2, -0.15) is 0 Å². The molecule has 3 rings (SSSR count). The van der Waals surface area contributed by atoms with Gasteiger partial charge in [0.05, 0.1) is 0 Å². The van der Waals surface area contributed by atoms with E-state index >= 15 is 0 Å². The van der Waals surface area contributed by atoms with E-state index in [1.165, 1.54) is 11.1 Å². The molecule has 0 bridgehead atoms. The van der Waals surface area contributed by atoms with E-state index < -0.39 is 10.0 Å². The predicted molar refractivity (Wildman–Crippen MR) is 102 cm³/mol. The molecule has 0 saturated carbocycles. The molecular weight excluding hydrogens is 350 g/mol. The monoisotopic (exact) mass is 371 g/mol. The molecule has 0 fully saturated rings. The van der Waals surface area contributed by atoms with Crippen LogP contribution >= 0.6 is 0 Å². The third kappa shape index (κ3) is 3.72. The maximum Gasteiger partial charge on any atom is 0.267 e. The summed E-state index contributed by atoms with van der Waals surface area (Å²) in [6.45, 7) is 7.30. The molecule has 0 saturated heterocycles. The highest BCUT2D eigenvalue weighted by Gasteiger charge is 2.24. The predicted octanol–water partition coefficient (Wildman–Crippen LogP) is 4.45. The smallest absolute Gasteiger partial charge is 0.267 e. The summed E-state index contributed by atoms with van der Waals surface area (Å²) in [6.07, 6.45) is 0. The second-order valence-corrected chi connectivity index (χ2v) is 7.88. The minimum absolute atomic E-state index is 0.0785. The molecule has 1 heterocycles. The van der Waals surface area contributed by atoms with Crippen LogP contribution < -0.4 is 10.0 Å². The summed E-state index contributed by atoms with van der Waals surface area (Å²) < 4.78 is 32.5. The van der Waals surface area contributed by atoms with E-state index in [1.54, 1.807) is 26.0 Å². The standard InChI is InChI=1S/C19H21N3O3S/c1-12-5-6-18(11-13(12)2)20-16-7-9-17(10-8-16)22-26(23,24)19-14(3)21-25-15(19)4/h5-11,20,22H,1-4H3. The molecule has 0 amide bonds. The van der Waals surface area contributed by atoms with Crippen molar-refractivity contribution in [1.29, 1.82) is 0 Å². The van der Waals surface area contributed by atoms with E-state index in [9.17, 15) is 8.42 Å². The van der Waals surface area contributed by atoms with Crippen molar-refractivity contribution >= 4 is 27.1 Å². The Kier molecular flexibility index (Phi) is 4.73. The number of nitrogens with one attached hydrogen (secondary N) is 2. The lowest BCUT2D eigenvalue weighted by atomic mass is 10.1. The normalized spacial score (nSPS) is 11.4. The number of hydrogen-bond acceptors (Lipinski definition) is 5. The summed E-state index contributed by atoms with van der Waals surface area (Å²) in [4.78, 5) is 0.0785. The number of aromatic nitrogens is 1. The van der Waals surface area contributed by atoms with Gasteiger partial charge in [-0.1, -0.05) is 11.2 Å². The molecule has 7 heteroatoms. The van der Waals surface area contributed by atoms with E-state index in [2.05, 4.69) is 41.2 Å². The third-order valence-corrected chi connectivity index (χ3v) is 5.79.